The molecule has 34 nitrogen and oxygen atoms in total. The van der Waals surface area contributed by atoms with Crippen LogP contribution in [0.15, 0.2) is 0 Å². The summed E-state index contributed by atoms with van der Waals surface area (Å²) in [7, 11) is 0. The number of hydrogen-bond acceptors (Lipinski definition) is 31. The zero-order valence-corrected chi connectivity index (χ0v) is 40.9. The largest absolute Gasteiger partial charge is 0.394 e. The molecule has 34 heteroatoms. The Labute approximate surface area is 431 Å². The zero-order chi connectivity index (χ0) is 56.2. The molecule has 0 saturated carbocycles. The van der Waals surface area contributed by atoms with E-state index < -0.39 is 241 Å². The van der Waals surface area contributed by atoms with Crippen LogP contribution in [0, 0.1) is 0 Å². The second kappa shape index (κ2) is 27.2. The highest BCUT2D eigenvalue weighted by Crippen LogP contribution is 2.35. The molecule has 3 amide bonds. The van der Waals surface area contributed by atoms with E-state index >= 15 is 0 Å². The van der Waals surface area contributed by atoms with Crippen LogP contribution in [0.2, 0.25) is 0 Å². The molecule has 20 N–H and O–H groups in total. The molecule has 6 aliphatic rings. The fourth-order valence-electron chi connectivity index (χ4n) is 9.42. The number of amides is 3. The summed E-state index contributed by atoms with van der Waals surface area (Å²) >= 11 is 0. The van der Waals surface area contributed by atoms with Crippen molar-refractivity contribution in [3.05, 3.63) is 0 Å². The predicted octanol–water partition coefficient (Wildman–Crippen LogP) is -13.7. The minimum Gasteiger partial charge on any atom is -0.394 e. The van der Waals surface area contributed by atoms with Crippen molar-refractivity contribution in [3.8, 4) is 0 Å². The number of ether oxygens (including phenoxy) is 11. The van der Waals surface area contributed by atoms with Crippen molar-refractivity contribution in [2.24, 2.45) is 0 Å². The summed E-state index contributed by atoms with van der Waals surface area (Å²) in [5, 5.41) is 188. The topological polar surface area (TPSA) is 533 Å². The van der Waals surface area contributed by atoms with Gasteiger partial charge in [-0.15, -0.1) is 0 Å². The number of aliphatic hydroxyl groups excluding tert-OH is 17. The van der Waals surface area contributed by atoms with Gasteiger partial charge in [0.05, 0.1) is 39.6 Å². The zero-order valence-electron chi connectivity index (χ0n) is 40.9. The van der Waals surface area contributed by atoms with E-state index in [0.29, 0.717) is 0 Å². The molecule has 76 heavy (non-hydrogen) atoms. The molecule has 6 aliphatic heterocycles. The van der Waals surface area contributed by atoms with Crippen molar-refractivity contribution in [1.82, 2.24) is 16.0 Å². The van der Waals surface area contributed by atoms with Gasteiger partial charge in [0.15, 0.2) is 37.7 Å². The van der Waals surface area contributed by atoms with Crippen LogP contribution in [0.4, 0.5) is 0 Å². The van der Waals surface area contributed by atoms with Crippen LogP contribution < -0.4 is 16.0 Å². The molecule has 0 aliphatic carbocycles. The smallest absolute Gasteiger partial charge is 0.217 e. The molecular formula is C42H71N3O31. The molecule has 6 heterocycles. The van der Waals surface area contributed by atoms with E-state index in [0.717, 1.165) is 20.8 Å². The van der Waals surface area contributed by atoms with Gasteiger partial charge in [0.2, 0.25) is 17.7 Å². The van der Waals surface area contributed by atoms with Gasteiger partial charge < -0.3 is 155 Å². The van der Waals surface area contributed by atoms with Crippen LogP contribution >= 0.6 is 0 Å². The van der Waals surface area contributed by atoms with Crippen molar-refractivity contribution >= 4 is 17.7 Å². The van der Waals surface area contributed by atoms with Gasteiger partial charge in [0.25, 0.3) is 0 Å². The predicted molar refractivity (Wildman–Crippen MR) is 234 cm³/mol. The van der Waals surface area contributed by atoms with E-state index in [1.807, 2.05) is 0 Å². The Morgan fingerprint density at radius 2 is 0.697 bits per heavy atom. The molecule has 6 fully saturated rings. The van der Waals surface area contributed by atoms with Crippen molar-refractivity contribution in [3.63, 3.8) is 0 Å². The van der Waals surface area contributed by atoms with Crippen molar-refractivity contribution in [2.45, 2.75) is 205 Å². The summed E-state index contributed by atoms with van der Waals surface area (Å²) in [6.45, 7) is -2.05. The molecule has 0 aromatic rings. The van der Waals surface area contributed by atoms with E-state index in [9.17, 15) is 101 Å². The van der Waals surface area contributed by atoms with E-state index in [4.69, 9.17) is 52.1 Å². The fraction of sp³-hybridized carbons (Fsp3) is 0.929. The maximum atomic E-state index is 12.6. The number of hydrogen-bond donors (Lipinski definition) is 20. The van der Waals surface area contributed by atoms with E-state index in [1.54, 1.807) is 0 Å². The number of aliphatic hydroxyl groups is 17. The summed E-state index contributed by atoms with van der Waals surface area (Å²) in [5.74, 6) is -2.33. The van der Waals surface area contributed by atoms with E-state index in [-0.39, 0.29) is 0 Å². The second-order valence-corrected chi connectivity index (χ2v) is 19.1. The average Bonchev–Trinajstić information content (AvgIpc) is 3.37. The first-order chi connectivity index (χ1) is 35.8. The Morgan fingerprint density at radius 1 is 0.342 bits per heavy atom. The Hall–Kier alpha value is -2.71. The maximum absolute atomic E-state index is 12.6. The molecule has 0 bridgehead atoms. The summed E-state index contributed by atoms with van der Waals surface area (Å²) in [6, 6.07) is -4.86. The van der Waals surface area contributed by atoms with Gasteiger partial charge in [0, 0.05) is 20.8 Å². The third-order valence-corrected chi connectivity index (χ3v) is 13.6. The van der Waals surface area contributed by atoms with Crippen LogP contribution in [0.25, 0.3) is 0 Å². The van der Waals surface area contributed by atoms with Crippen LogP contribution in [-0.2, 0) is 66.5 Å². The SMILES string of the molecule is CC(=O)N[C@H]1[C@H](OC[C@H]2O[C@H](OC[C@H]3O[C@@H](O)[C@@H](O)[C@@H](O)[C@@H]3O)[C@@H](O)[C@@H](O)[C@@H]2O)O[C@H](CO)[C@@H](O[C@@H]2O[C@H](CO[C@@H]3O[C@H](CO)[C@@H](O)[C@H](O)[C@H]3NC(C)=O)[C@H](O)[C@H](O[C@@H]3O[C@H](CO)[C@@H](O)[C@H](O)[C@H]3NC(C)=O)[C@H]2O)[C@@H]1O. The molecule has 0 aromatic heterocycles. The first kappa shape index (κ1) is 62.5. The van der Waals surface area contributed by atoms with Crippen LogP contribution in [-0.4, -0.2) is 328 Å². The van der Waals surface area contributed by atoms with Crippen molar-refractivity contribution in [2.75, 3.05) is 39.6 Å². The highest BCUT2D eigenvalue weighted by Gasteiger charge is 2.56. The summed E-state index contributed by atoms with van der Waals surface area (Å²) < 4.78 is 62.9. The lowest BCUT2D eigenvalue weighted by atomic mass is 9.94. The first-order valence-corrected chi connectivity index (χ1v) is 24.1. The molecule has 440 valence electrons. The van der Waals surface area contributed by atoms with Crippen LogP contribution in [0.1, 0.15) is 20.8 Å². The third kappa shape index (κ3) is 14.1. The molecule has 0 spiro atoms. The maximum Gasteiger partial charge on any atom is 0.217 e. The van der Waals surface area contributed by atoms with Crippen LogP contribution in [0.5, 0.6) is 0 Å². The normalized spacial score (nSPS) is 48.2. The Morgan fingerprint density at radius 3 is 1.18 bits per heavy atom. The minimum atomic E-state index is -2.23. The Kier molecular flexibility index (Phi) is 22.3. The Bertz CT molecular complexity index is 1870. The highest BCUT2D eigenvalue weighted by molar-refractivity contribution is 5.74. The first-order valence-electron chi connectivity index (χ1n) is 24.1. The fourth-order valence-corrected chi connectivity index (χ4v) is 9.42. The van der Waals surface area contributed by atoms with E-state index in [2.05, 4.69) is 16.0 Å². The quantitative estimate of drug-likeness (QED) is 0.0571. The van der Waals surface area contributed by atoms with Gasteiger partial charge in [-0.3, -0.25) is 14.4 Å². The number of nitrogens with one attached hydrogen (secondary N) is 3. The van der Waals surface area contributed by atoms with Gasteiger partial charge >= 0.3 is 0 Å². The number of rotatable bonds is 19. The third-order valence-electron chi connectivity index (χ3n) is 13.6. The van der Waals surface area contributed by atoms with Gasteiger partial charge in [-0.2, -0.15) is 0 Å². The number of carbonyl (C=O) groups excluding carboxylic acids is 3. The summed E-state index contributed by atoms with van der Waals surface area (Å²) in [4.78, 5) is 37.0. The molecule has 0 radical (unpaired) electrons. The van der Waals surface area contributed by atoms with Gasteiger partial charge in [-0.1, -0.05) is 0 Å². The second-order valence-electron chi connectivity index (χ2n) is 19.1. The molecule has 6 saturated heterocycles. The molecule has 0 aromatic carbocycles. The Balaban J connectivity index is 1.23. The van der Waals surface area contributed by atoms with Gasteiger partial charge in [0.1, 0.15) is 146 Å². The molecule has 30 atom stereocenters. The van der Waals surface area contributed by atoms with Gasteiger partial charge in [-0.05, 0) is 0 Å². The van der Waals surface area contributed by atoms with Crippen molar-refractivity contribution < 1.29 is 153 Å². The molecule has 6 rings (SSSR count). The standard InChI is InChI=1S/C42H71N3O31/c1-10(49)43-19-27(57)22(52)13(4-46)70-38(19)67-9-18-26(56)36(76-40-20(44-11(2)50)28(58)23(53)14(5-47)71-40)34(64)42(74-18)75-35-15(6-48)72-39(21(29(35)59)45-12(3)51)66-8-17-25(55)31(61)33(63)41(73-17)68-7-16-24(54)30(60)32(62)37(65)69-16/h13-42,46-48,52-65H,4-9H2,1-3H3,(H,43,49)(H,44,50)(H,45,51)/t13-,14-,15-,16-,17-,18-,19-,20-,21-,22-,23-,24-,25-,26+,27-,28-,29-,30+,31+,32+,33+,34-,35-,36+,37-,38-,39-,40+,41+,42+/m1/s1. The number of carbonyl (C=O) groups is 3. The van der Waals surface area contributed by atoms with E-state index in [1.165, 1.54) is 0 Å². The van der Waals surface area contributed by atoms with Crippen molar-refractivity contribution in [1.29, 1.82) is 0 Å². The highest BCUT2D eigenvalue weighted by atomic mass is 16.8. The lowest BCUT2D eigenvalue weighted by Gasteiger charge is -2.49. The molecule has 0 unspecified atom stereocenters. The lowest BCUT2D eigenvalue weighted by molar-refractivity contribution is -0.375. The van der Waals surface area contributed by atoms with Gasteiger partial charge in [-0.25, -0.2) is 0 Å². The molecular weight excluding hydrogens is 1040 g/mol. The summed E-state index contributed by atoms with van der Waals surface area (Å²) in [6.07, 6.45) is -49.9. The van der Waals surface area contributed by atoms with Crippen LogP contribution in [0.3, 0.4) is 0 Å². The lowest BCUT2D eigenvalue weighted by Crippen LogP contribution is -2.69. The summed E-state index contributed by atoms with van der Waals surface area (Å²) in [5.41, 5.74) is 0. The monoisotopic (exact) mass is 1110 g/mol. The average molecular weight is 1110 g/mol. The minimum absolute atomic E-state index is 0.723.